The van der Waals surface area contributed by atoms with E-state index >= 15 is 0 Å². The highest BCUT2D eigenvalue weighted by atomic mass is 16.6. The summed E-state index contributed by atoms with van der Waals surface area (Å²) < 4.78 is 0. The lowest BCUT2D eigenvalue weighted by Gasteiger charge is -2.12. The molecule has 0 spiro atoms. The Morgan fingerprint density at radius 2 is 1.70 bits per heavy atom. The first-order chi connectivity index (χ1) is 12.9. The van der Waals surface area contributed by atoms with Crippen LogP contribution in [0.5, 0.6) is 0 Å². The molecule has 1 aliphatic rings. The lowest BCUT2D eigenvalue weighted by Crippen LogP contribution is -2.07. The van der Waals surface area contributed by atoms with Crippen molar-refractivity contribution in [2.75, 3.05) is 19.0 Å². The minimum absolute atomic E-state index is 0.00930. The molecule has 0 atom stereocenters. The van der Waals surface area contributed by atoms with E-state index in [1.54, 1.807) is 0 Å². The van der Waals surface area contributed by atoms with E-state index in [0.717, 1.165) is 16.8 Å². The summed E-state index contributed by atoms with van der Waals surface area (Å²) in [6, 6.07) is 13.3. The van der Waals surface area contributed by atoms with Crippen LogP contribution in [-0.4, -0.2) is 29.9 Å². The quantitative estimate of drug-likeness (QED) is 0.479. The molecule has 0 saturated heterocycles. The Balaban J connectivity index is 1.83. The minimum Gasteiger partial charge on any atom is -0.507 e. The normalized spacial score (nSPS) is 15.3. The number of carbonyl (C=O) groups excluding carboxylic acids is 1. The summed E-state index contributed by atoms with van der Waals surface area (Å²) >= 11 is 0. The lowest BCUT2D eigenvalue weighted by molar-refractivity contribution is -0.384. The van der Waals surface area contributed by atoms with Crippen LogP contribution < -0.4 is 4.90 Å². The number of ketones is 1. The van der Waals surface area contributed by atoms with Crippen molar-refractivity contribution in [3.63, 3.8) is 0 Å². The number of aliphatic hydroxyl groups excluding tert-OH is 1. The number of hydrogen-bond acceptors (Lipinski definition) is 5. The molecule has 2 aromatic rings. The Hall–Kier alpha value is -3.41. The number of allylic oxidation sites excluding steroid dienone is 2. The number of anilines is 1. The van der Waals surface area contributed by atoms with E-state index in [-0.39, 0.29) is 17.2 Å². The molecule has 0 bridgehead atoms. The summed E-state index contributed by atoms with van der Waals surface area (Å²) in [7, 11) is 3.93. The van der Waals surface area contributed by atoms with Crippen LogP contribution in [0, 0.1) is 10.1 Å². The molecule has 6 heteroatoms. The van der Waals surface area contributed by atoms with Gasteiger partial charge in [0.1, 0.15) is 5.76 Å². The summed E-state index contributed by atoms with van der Waals surface area (Å²) in [5.74, 6) is -0.288. The minimum atomic E-state index is -0.511. The van der Waals surface area contributed by atoms with Gasteiger partial charge >= 0.3 is 0 Å². The topological polar surface area (TPSA) is 83.7 Å². The molecule has 0 saturated carbocycles. The molecule has 27 heavy (non-hydrogen) atoms. The fraction of sp³-hybridized carbons (Fsp3) is 0.190. The van der Waals surface area contributed by atoms with Crippen molar-refractivity contribution in [1.82, 2.24) is 0 Å². The Kier molecular flexibility index (Phi) is 5.07. The molecular formula is C21H20N2O4. The molecule has 1 aliphatic carbocycles. The first-order valence-electron chi connectivity index (χ1n) is 8.56. The van der Waals surface area contributed by atoms with Crippen LogP contribution >= 0.6 is 0 Å². The van der Waals surface area contributed by atoms with Gasteiger partial charge in [0.15, 0.2) is 5.78 Å². The predicted octanol–water partition coefficient (Wildman–Crippen LogP) is 4.53. The number of benzene rings is 2. The number of hydrogen-bond donors (Lipinski definition) is 1. The van der Waals surface area contributed by atoms with Gasteiger partial charge in [-0.3, -0.25) is 14.9 Å². The smallest absolute Gasteiger partial charge is 0.269 e. The zero-order chi connectivity index (χ0) is 19.6. The second-order valence-corrected chi connectivity index (χ2v) is 6.62. The molecule has 1 N–H and O–H groups in total. The van der Waals surface area contributed by atoms with Crippen molar-refractivity contribution < 1.29 is 14.8 Å². The molecule has 2 aromatic carbocycles. The summed E-state index contributed by atoms with van der Waals surface area (Å²) in [5, 5.41) is 21.2. The first kappa shape index (κ1) is 18.4. The zero-order valence-corrected chi connectivity index (χ0v) is 15.2. The van der Waals surface area contributed by atoms with Gasteiger partial charge in [0.25, 0.3) is 5.69 Å². The van der Waals surface area contributed by atoms with Gasteiger partial charge in [0.2, 0.25) is 0 Å². The maximum absolute atomic E-state index is 12.6. The standard InChI is InChI=1S/C21H20N2O4/c1-22(2)17-8-3-14(4-9-17)13-16-7-12-19(21(16)25)20(24)15-5-10-18(11-6-15)23(26)27/h3-6,8-11,13,25H,7,12H2,1-2H3/b16-13+. The Bertz CT molecular complexity index is 939. The van der Waals surface area contributed by atoms with E-state index in [4.69, 9.17) is 0 Å². The van der Waals surface area contributed by atoms with E-state index in [1.165, 1.54) is 24.3 Å². The van der Waals surface area contributed by atoms with Crippen LogP contribution in [0.25, 0.3) is 6.08 Å². The van der Waals surface area contributed by atoms with E-state index < -0.39 is 4.92 Å². The summed E-state index contributed by atoms with van der Waals surface area (Å²) in [5.41, 5.74) is 3.36. The molecule has 3 rings (SSSR count). The molecule has 138 valence electrons. The second kappa shape index (κ2) is 7.45. The first-order valence-corrected chi connectivity index (χ1v) is 8.56. The highest BCUT2D eigenvalue weighted by Crippen LogP contribution is 2.33. The number of nitro groups is 1. The molecule has 0 aliphatic heterocycles. The Labute approximate surface area is 157 Å². The van der Waals surface area contributed by atoms with Crippen LogP contribution in [0.4, 0.5) is 11.4 Å². The summed E-state index contributed by atoms with van der Waals surface area (Å²) in [6.07, 6.45) is 2.91. The summed E-state index contributed by atoms with van der Waals surface area (Å²) in [6.45, 7) is 0. The molecule has 0 amide bonds. The fourth-order valence-electron chi connectivity index (χ4n) is 3.03. The molecule has 0 aromatic heterocycles. The van der Waals surface area contributed by atoms with Gasteiger partial charge in [0, 0.05) is 43.1 Å². The molecular weight excluding hydrogens is 344 g/mol. The largest absolute Gasteiger partial charge is 0.507 e. The van der Waals surface area contributed by atoms with Gasteiger partial charge in [-0.1, -0.05) is 12.1 Å². The number of non-ortho nitro benzene ring substituents is 1. The van der Waals surface area contributed by atoms with Gasteiger partial charge in [-0.2, -0.15) is 0 Å². The average molecular weight is 364 g/mol. The highest BCUT2D eigenvalue weighted by Gasteiger charge is 2.25. The van der Waals surface area contributed by atoms with Crippen molar-refractivity contribution in [2.24, 2.45) is 0 Å². The van der Waals surface area contributed by atoms with Gasteiger partial charge in [-0.05, 0) is 54.3 Å². The molecule has 0 fully saturated rings. The van der Waals surface area contributed by atoms with Gasteiger partial charge < -0.3 is 10.0 Å². The average Bonchev–Trinajstić information content (AvgIpc) is 3.02. The Morgan fingerprint density at radius 1 is 1.07 bits per heavy atom. The Morgan fingerprint density at radius 3 is 2.26 bits per heavy atom. The molecule has 0 heterocycles. The van der Waals surface area contributed by atoms with Crippen molar-refractivity contribution in [2.45, 2.75) is 12.8 Å². The second-order valence-electron chi connectivity index (χ2n) is 6.62. The van der Waals surface area contributed by atoms with Gasteiger partial charge in [-0.25, -0.2) is 0 Å². The van der Waals surface area contributed by atoms with Gasteiger partial charge in [0.05, 0.1) is 4.92 Å². The lowest BCUT2D eigenvalue weighted by atomic mass is 10.0. The van der Waals surface area contributed by atoms with Crippen molar-refractivity contribution in [3.05, 3.63) is 86.7 Å². The van der Waals surface area contributed by atoms with Crippen LogP contribution in [0.2, 0.25) is 0 Å². The van der Waals surface area contributed by atoms with Crippen LogP contribution in [0.3, 0.4) is 0 Å². The van der Waals surface area contributed by atoms with E-state index in [0.29, 0.717) is 24.0 Å². The predicted molar refractivity (Wildman–Crippen MR) is 105 cm³/mol. The fourth-order valence-corrected chi connectivity index (χ4v) is 3.03. The molecule has 6 nitrogen and oxygen atoms in total. The highest BCUT2D eigenvalue weighted by molar-refractivity contribution is 6.10. The van der Waals surface area contributed by atoms with E-state index in [1.807, 2.05) is 49.3 Å². The third kappa shape index (κ3) is 3.89. The monoisotopic (exact) mass is 364 g/mol. The van der Waals surface area contributed by atoms with E-state index in [9.17, 15) is 20.0 Å². The number of nitro benzene ring substituents is 1. The summed E-state index contributed by atoms with van der Waals surface area (Å²) in [4.78, 5) is 24.9. The number of nitrogens with zero attached hydrogens (tertiary/aromatic N) is 2. The van der Waals surface area contributed by atoms with Gasteiger partial charge in [-0.15, -0.1) is 0 Å². The van der Waals surface area contributed by atoms with Crippen molar-refractivity contribution >= 4 is 23.2 Å². The van der Waals surface area contributed by atoms with Crippen LogP contribution in [0.15, 0.2) is 65.4 Å². The number of Topliss-reactive ketones (excluding diaryl/α,β-unsaturated/α-hetero) is 1. The molecule has 0 unspecified atom stereocenters. The number of aliphatic hydroxyl groups is 1. The molecule has 0 radical (unpaired) electrons. The third-order valence-electron chi connectivity index (χ3n) is 4.60. The maximum atomic E-state index is 12.6. The SMILES string of the molecule is CN(C)c1ccc(/C=C2\CCC(C(=O)c3ccc([N+](=O)[O-])cc3)=C2O)cc1. The number of rotatable bonds is 5. The van der Waals surface area contributed by atoms with E-state index in [2.05, 4.69) is 0 Å². The van der Waals surface area contributed by atoms with Crippen LogP contribution in [-0.2, 0) is 0 Å². The zero-order valence-electron chi connectivity index (χ0n) is 15.2. The number of carbonyl (C=O) groups is 1. The van der Waals surface area contributed by atoms with Crippen molar-refractivity contribution in [1.29, 1.82) is 0 Å². The third-order valence-corrected chi connectivity index (χ3v) is 4.60. The van der Waals surface area contributed by atoms with Crippen LogP contribution in [0.1, 0.15) is 28.8 Å². The van der Waals surface area contributed by atoms with Crippen molar-refractivity contribution in [3.8, 4) is 0 Å². The maximum Gasteiger partial charge on any atom is 0.269 e.